The van der Waals surface area contributed by atoms with Gasteiger partial charge in [-0.15, -0.1) is 21.5 Å². The van der Waals surface area contributed by atoms with Gasteiger partial charge in [-0.1, -0.05) is 45.1 Å². The van der Waals surface area contributed by atoms with E-state index in [0.717, 1.165) is 26.9 Å². The zero-order valence-electron chi connectivity index (χ0n) is 13.6. The maximum absolute atomic E-state index is 12.3. The fourth-order valence-corrected chi connectivity index (χ4v) is 6.55. The predicted octanol–water partition coefficient (Wildman–Crippen LogP) is 4.58. The highest BCUT2D eigenvalue weighted by Crippen LogP contribution is 2.26. The third-order valence-corrected chi connectivity index (χ3v) is 8.86. The Morgan fingerprint density at radius 1 is 1.15 bits per heavy atom. The van der Waals surface area contributed by atoms with Crippen molar-refractivity contribution < 1.29 is 8.42 Å². The number of aromatic nitrogens is 2. The Bertz CT molecular complexity index is 925. The molecule has 0 amide bonds. The molecule has 1 aromatic carbocycles. The van der Waals surface area contributed by atoms with Gasteiger partial charge in [0.1, 0.15) is 0 Å². The summed E-state index contributed by atoms with van der Waals surface area (Å²) in [6, 6.07) is 10.9. The summed E-state index contributed by atoms with van der Waals surface area (Å²) in [5.74, 6) is 0.516. The number of sulfone groups is 1. The van der Waals surface area contributed by atoms with Crippen LogP contribution in [-0.4, -0.2) is 36.7 Å². The van der Waals surface area contributed by atoms with Crippen molar-refractivity contribution in [3.05, 3.63) is 51.1 Å². The summed E-state index contributed by atoms with van der Waals surface area (Å²) in [6.07, 6.45) is 0.950. The van der Waals surface area contributed by atoms with Crippen LogP contribution in [0.1, 0.15) is 4.88 Å². The number of rotatable bonds is 9. The van der Waals surface area contributed by atoms with Crippen molar-refractivity contribution in [3.63, 3.8) is 0 Å². The number of benzene rings is 1. The van der Waals surface area contributed by atoms with Gasteiger partial charge in [0, 0.05) is 21.6 Å². The molecule has 0 aliphatic rings. The first-order chi connectivity index (χ1) is 12.5. The highest BCUT2D eigenvalue weighted by atomic mass is 79.9. The van der Waals surface area contributed by atoms with Crippen LogP contribution in [0.4, 0.5) is 5.13 Å². The zero-order valence-corrected chi connectivity index (χ0v) is 18.4. The standard InChI is InChI=1S/C16H16BrN3O2S4/c17-12-3-5-14(6-4-12)26(21,22)11-10-24-16-20-19-15(25-16)18-8-7-13-2-1-9-23-13/h1-6,9H,7-8,10-11H2,(H,18,19). The normalized spacial score (nSPS) is 11.6. The molecule has 10 heteroatoms. The first kappa shape index (κ1) is 19.8. The summed E-state index contributed by atoms with van der Waals surface area (Å²) >= 11 is 7.91. The van der Waals surface area contributed by atoms with Crippen molar-refractivity contribution in [1.29, 1.82) is 0 Å². The molecule has 0 saturated carbocycles. The summed E-state index contributed by atoms with van der Waals surface area (Å²) in [5, 5.41) is 14.3. The summed E-state index contributed by atoms with van der Waals surface area (Å²) < 4.78 is 26.3. The van der Waals surface area contributed by atoms with Gasteiger partial charge >= 0.3 is 0 Å². The monoisotopic (exact) mass is 489 g/mol. The number of hydrogen-bond donors (Lipinski definition) is 1. The molecule has 0 atom stereocenters. The van der Waals surface area contributed by atoms with E-state index in [9.17, 15) is 8.42 Å². The molecule has 0 bridgehead atoms. The maximum atomic E-state index is 12.3. The maximum Gasteiger partial charge on any atom is 0.206 e. The quantitative estimate of drug-likeness (QED) is 0.443. The van der Waals surface area contributed by atoms with Gasteiger partial charge in [-0.25, -0.2) is 8.42 Å². The van der Waals surface area contributed by atoms with E-state index in [1.165, 1.54) is 28.0 Å². The van der Waals surface area contributed by atoms with E-state index < -0.39 is 9.84 Å². The second kappa shape index (κ2) is 9.32. The van der Waals surface area contributed by atoms with Crippen molar-refractivity contribution in [2.24, 2.45) is 0 Å². The topological polar surface area (TPSA) is 72.0 Å². The molecule has 138 valence electrons. The molecule has 1 N–H and O–H groups in total. The van der Waals surface area contributed by atoms with Crippen LogP contribution < -0.4 is 5.32 Å². The molecule has 0 radical (unpaired) electrons. The van der Waals surface area contributed by atoms with E-state index in [0.29, 0.717) is 10.6 Å². The molecular weight excluding hydrogens is 474 g/mol. The number of anilines is 1. The van der Waals surface area contributed by atoms with Gasteiger partial charge in [0.05, 0.1) is 10.6 Å². The fourth-order valence-electron chi connectivity index (χ4n) is 2.09. The minimum absolute atomic E-state index is 0.0695. The number of nitrogens with one attached hydrogen (secondary N) is 1. The highest BCUT2D eigenvalue weighted by molar-refractivity contribution is 9.10. The molecule has 0 fully saturated rings. The second-order valence-corrected chi connectivity index (χ2v) is 11.6. The van der Waals surface area contributed by atoms with Crippen LogP contribution in [0.15, 0.2) is 55.5 Å². The smallest absolute Gasteiger partial charge is 0.206 e. The van der Waals surface area contributed by atoms with Gasteiger partial charge in [0.25, 0.3) is 0 Å². The van der Waals surface area contributed by atoms with Gasteiger partial charge in [0.2, 0.25) is 5.13 Å². The fraction of sp³-hybridized carbons (Fsp3) is 0.250. The largest absolute Gasteiger partial charge is 0.360 e. The molecule has 0 aliphatic heterocycles. The lowest BCUT2D eigenvalue weighted by molar-refractivity contribution is 0.597. The Labute approximate surface area is 173 Å². The molecule has 0 unspecified atom stereocenters. The first-order valence-corrected chi connectivity index (χ1v) is 12.9. The Balaban J connectivity index is 1.45. The number of thiophene rings is 1. The van der Waals surface area contributed by atoms with E-state index in [-0.39, 0.29) is 5.75 Å². The van der Waals surface area contributed by atoms with Crippen molar-refractivity contribution in [3.8, 4) is 0 Å². The van der Waals surface area contributed by atoms with E-state index in [1.54, 1.807) is 35.6 Å². The van der Waals surface area contributed by atoms with Crippen molar-refractivity contribution in [1.82, 2.24) is 10.2 Å². The molecule has 2 heterocycles. The van der Waals surface area contributed by atoms with Gasteiger partial charge < -0.3 is 5.32 Å². The number of hydrogen-bond acceptors (Lipinski definition) is 8. The van der Waals surface area contributed by atoms with Gasteiger partial charge in [-0.05, 0) is 42.1 Å². The van der Waals surface area contributed by atoms with E-state index in [2.05, 4.69) is 42.9 Å². The summed E-state index contributed by atoms with van der Waals surface area (Å²) in [6.45, 7) is 0.803. The lowest BCUT2D eigenvalue weighted by Gasteiger charge is -2.03. The minimum atomic E-state index is -3.28. The SMILES string of the molecule is O=S(=O)(CCSc1nnc(NCCc2cccs2)s1)c1ccc(Br)cc1. The van der Waals surface area contributed by atoms with Crippen LogP contribution in [0, 0.1) is 0 Å². The molecule has 0 spiro atoms. The average molecular weight is 490 g/mol. The Hall–Kier alpha value is -0.940. The highest BCUT2D eigenvalue weighted by Gasteiger charge is 2.15. The number of thioether (sulfide) groups is 1. The van der Waals surface area contributed by atoms with E-state index in [1.807, 2.05) is 6.07 Å². The first-order valence-electron chi connectivity index (χ1n) is 7.74. The van der Waals surface area contributed by atoms with Crippen LogP contribution in [-0.2, 0) is 16.3 Å². The molecule has 26 heavy (non-hydrogen) atoms. The van der Waals surface area contributed by atoms with E-state index >= 15 is 0 Å². The second-order valence-electron chi connectivity index (χ2n) is 5.25. The summed E-state index contributed by atoms with van der Waals surface area (Å²) in [5.41, 5.74) is 0. The minimum Gasteiger partial charge on any atom is -0.360 e. The summed E-state index contributed by atoms with van der Waals surface area (Å²) in [4.78, 5) is 1.67. The lowest BCUT2D eigenvalue weighted by atomic mass is 10.3. The van der Waals surface area contributed by atoms with Crippen molar-refractivity contribution >= 4 is 65.3 Å². The van der Waals surface area contributed by atoms with Gasteiger partial charge in [-0.2, -0.15) is 0 Å². The van der Waals surface area contributed by atoms with Gasteiger partial charge in [-0.3, -0.25) is 0 Å². The van der Waals surface area contributed by atoms with Crippen LogP contribution in [0.3, 0.4) is 0 Å². The number of nitrogens with zero attached hydrogens (tertiary/aromatic N) is 2. The zero-order chi connectivity index (χ0) is 18.4. The Kier molecular flexibility index (Phi) is 7.10. The Morgan fingerprint density at radius 3 is 2.69 bits per heavy atom. The van der Waals surface area contributed by atoms with Crippen LogP contribution in [0.25, 0.3) is 0 Å². The van der Waals surface area contributed by atoms with E-state index in [4.69, 9.17) is 0 Å². The molecular formula is C16H16BrN3O2S4. The average Bonchev–Trinajstić information content (AvgIpc) is 3.27. The molecule has 2 aromatic heterocycles. The molecule has 3 rings (SSSR count). The lowest BCUT2D eigenvalue weighted by Crippen LogP contribution is -2.08. The predicted molar refractivity (Wildman–Crippen MR) is 113 cm³/mol. The van der Waals surface area contributed by atoms with Crippen LogP contribution in [0.2, 0.25) is 0 Å². The molecule has 3 aromatic rings. The Morgan fingerprint density at radius 2 is 1.96 bits per heavy atom. The molecule has 0 saturated heterocycles. The summed E-state index contributed by atoms with van der Waals surface area (Å²) in [7, 11) is -3.28. The number of halogens is 1. The van der Waals surface area contributed by atoms with Crippen LogP contribution in [0.5, 0.6) is 0 Å². The third kappa shape index (κ3) is 5.78. The van der Waals surface area contributed by atoms with Crippen molar-refractivity contribution in [2.75, 3.05) is 23.4 Å². The van der Waals surface area contributed by atoms with Crippen molar-refractivity contribution in [2.45, 2.75) is 15.7 Å². The van der Waals surface area contributed by atoms with Crippen LogP contribution >= 0.6 is 50.4 Å². The molecule has 5 nitrogen and oxygen atoms in total. The third-order valence-electron chi connectivity index (χ3n) is 3.38. The van der Waals surface area contributed by atoms with Gasteiger partial charge in [0.15, 0.2) is 14.2 Å². The molecule has 0 aliphatic carbocycles.